The van der Waals surface area contributed by atoms with E-state index in [2.05, 4.69) is 4.98 Å². The molecule has 1 atom stereocenters. The van der Waals surface area contributed by atoms with Gasteiger partial charge in [-0.15, -0.1) is 11.3 Å². The third kappa shape index (κ3) is 2.28. The van der Waals surface area contributed by atoms with Gasteiger partial charge in [0.05, 0.1) is 5.69 Å². The lowest BCUT2D eigenvalue weighted by atomic mass is 9.91. The van der Waals surface area contributed by atoms with Crippen molar-refractivity contribution in [3.8, 4) is 10.6 Å². The molecule has 0 saturated carbocycles. The summed E-state index contributed by atoms with van der Waals surface area (Å²) in [5.74, 6) is -1.36. The van der Waals surface area contributed by atoms with Crippen LogP contribution in [0.1, 0.15) is 29.3 Å². The van der Waals surface area contributed by atoms with E-state index < -0.39 is 11.6 Å². The predicted octanol–water partition coefficient (Wildman–Crippen LogP) is 3.47. The van der Waals surface area contributed by atoms with E-state index in [-0.39, 0.29) is 0 Å². The summed E-state index contributed by atoms with van der Waals surface area (Å²) in [4.78, 5) is 5.83. The van der Waals surface area contributed by atoms with Gasteiger partial charge in [0.1, 0.15) is 5.01 Å². The van der Waals surface area contributed by atoms with Gasteiger partial charge in [0.2, 0.25) is 0 Å². The molecule has 2 N–H and O–H groups in total. The molecule has 0 radical (unpaired) electrons. The fourth-order valence-corrected chi connectivity index (χ4v) is 3.67. The Bertz CT molecular complexity index is 609. The Morgan fingerprint density at radius 3 is 2.89 bits per heavy atom. The van der Waals surface area contributed by atoms with Gasteiger partial charge in [-0.05, 0) is 37.5 Å². The summed E-state index contributed by atoms with van der Waals surface area (Å²) in [5.41, 5.74) is 7.45. The van der Waals surface area contributed by atoms with E-state index in [9.17, 15) is 8.78 Å². The van der Waals surface area contributed by atoms with E-state index in [1.54, 1.807) is 17.4 Å². The maximum atomic E-state index is 13.3. The van der Waals surface area contributed by atoms with Crippen molar-refractivity contribution in [1.29, 1.82) is 0 Å². The van der Waals surface area contributed by atoms with Crippen LogP contribution in [0.4, 0.5) is 8.78 Å². The standard InChI is InChI=1S/C14H14F2N2S/c15-10-5-4-8(6-11(10)16)14-18-13-9(7-17)2-1-3-12(13)19-14/h4-6,9H,1-3,7,17H2. The molecule has 1 aromatic heterocycles. The fourth-order valence-electron chi connectivity index (χ4n) is 2.49. The summed E-state index contributed by atoms with van der Waals surface area (Å²) in [7, 11) is 0. The topological polar surface area (TPSA) is 38.9 Å². The van der Waals surface area contributed by atoms with E-state index in [0.717, 1.165) is 36.0 Å². The number of benzene rings is 1. The Balaban J connectivity index is 2.02. The maximum absolute atomic E-state index is 13.3. The Morgan fingerprint density at radius 1 is 1.32 bits per heavy atom. The first-order valence-corrected chi connectivity index (χ1v) is 7.15. The maximum Gasteiger partial charge on any atom is 0.159 e. The summed E-state index contributed by atoms with van der Waals surface area (Å²) >= 11 is 1.57. The van der Waals surface area contributed by atoms with Crippen molar-refractivity contribution in [3.63, 3.8) is 0 Å². The third-order valence-electron chi connectivity index (χ3n) is 3.52. The van der Waals surface area contributed by atoms with Gasteiger partial charge < -0.3 is 5.73 Å². The average molecular weight is 280 g/mol. The molecule has 3 rings (SSSR count). The highest BCUT2D eigenvalue weighted by atomic mass is 32.1. The highest BCUT2D eigenvalue weighted by Gasteiger charge is 2.24. The van der Waals surface area contributed by atoms with Crippen LogP contribution in [0.15, 0.2) is 18.2 Å². The zero-order valence-electron chi connectivity index (χ0n) is 10.3. The molecule has 1 aliphatic carbocycles. The zero-order valence-corrected chi connectivity index (χ0v) is 11.1. The molecule has 0 bridgehead atoms. The van der Waals surface area contributed by atoms with Crippen molar-refractivity contribution in [3.05, 3.63) is 40.4 Å². The van der Waals surface area contributed by atoms with Gasteiger partial charge in [-0.1, -0.05) is 0 Å². The second-order valence-corrected chi connectivity index (χ2v) is 5.86. The number of aromatic nitrogens is 1. The van der Waals surface area contributed by atoms with Crippen LogP contribution in [0.25, 0.3) is 10.6 Å². The number of thiazole rings is 1. The number of hydrogen-bond donors (Lipinski definition) is 1. The first-order chi connectivity index (χ1) is 9.19. The van der Waals surface area contributed by atoms with E-state index in [0.29, 0.717) is 18.0 Å². The molecule has 1 aromatic carbocycles. The molecule has 100 valence electrons. The minimum absolute atomic E-state index is 0.305. The van der Waals surface area contributed by atoms with Crippen LogP contribution in [0.3, 0.4) is 0 Å². The molecular weight excluding hydrogens is 266 g/mol. The number of halogens is 2. The second kappa shape index (κ2) is 4.98. The predicted molar refractivity (Wildman–Crippen MR) is 72.2 cm³/mol. The van der Waals surface area contributed by atoms with Crippen molar-refractivity contribution in [2.75, 3.05) is 6.54 Å². The lowest BCUT2D eigenvalue weighted by molar-refractivity contribution is 0.509. The van der Waals surface area contributed by atoms with Crippen molar-refractivity contribution in [1.82, 2.24) is 4.98 Å². The lowest BCUT2D eigenvalue weighted by Crippen LogP contribution is -2.17. The lowest BCUT2D eigenvalue weighted by Gasteiger charge is -2.18. The van der Waals surface area contributed by atoms with Gasteiger partial charge in [0.15, 0.2) is 11.6 Å². The molecule has 1 unspecified atom stereocenters. The monoisotopic (exact) mass is 280 g/mol. The number of nitrogens with zero attached hydrogens (tertiary/aromatic N) is 1. The Kier molecular flexibility index (Phi) is 3.33. The van der Waals surface area contributed by atoms with Gasteiger partial charge in [-0.3, -0.25) is 0 Å². The number of rotatable bonds is 2. The molecule has 0 spiro atoms. The third-order valence-corrected chi connectivity index (χ3v) is 4.70. The quantitative estimate of drug-likeness (QED) is 0.915. The SMILES string of the molecule is NCC1CCCc2sc(-c3ccc(F)c(F)c3)nc21. The summed E-state index contributed by atoms with van der Waals surface area (Å²) in [5, 5.41) is 0.754. The fraction of sp³-hybridized carbons (Fsp3) is 0.357. The van der Waals surface area contributed by atoms with Gasteiger partial charge in [-0.2, -0.15) is 0 Å². The summed E-state index contributed by atoms with van der Waals surface area (Å²) in [6, 6.07) is 3.92. The molecule has 2 aromatic rings. The molecule has 0 fully saturated rings. The van der Waals surface area contributed by atoms with Crippen LogP contribution >= 0.6 is 11.3 Å². The van der Waals surface area contributed by atoms with Crippen LogP contribution in [0.5, 0.6) is 0 Å². The molecule has 0 aliphatic heterocycles. The van der Waals surface area contributed by atoms with Crippen molar-refractivity contribution < 1.29 is 8.78 Å². The summed E-state index contributed by atoms with van der Waals surface area (Å²) in [6.45, 7) is 0.591. The van der Waals surface area contributed by atoms with Crippen LogP contribution in [0.2, 0.25) is 0 Å². The van der Waals surface area contributed by atoms with E-state index in [4.69, 9.17) is 5.73 Å². The normalized spacial score (nSPS) is 18.4. The van der Waals surface area contributed by atoms with Crippen LogP contribution in [0, 0.1) is 11.6 Å². The van der Waals surface area contributed by atoms with Crippen molar-refractivity contribution in [2.45, 2.75) is 25.2 Å². The van der Waals surface area contributed by atoms with Gasteiger partial charge in [0, 0.05) is 22.9 Å². The minimum atomic E-state index is -0.832. The first kappa shape index (κ1) is 12.7. The highest BCUT2D eigenvalue weighted by Crippen LogP contribution is 2.37. The molecule has 1 aliphatic rings. The van der Waals surface area contributed by atoms with E-state index in [1.807, 2.05) is 0 Å². The molecule has 1 heterocycles. The Morgan fingerprint density at radius 2 is 2.16 bits per heavy atom. The molecule has 2 nitrogen and oxygen atoms in total. The molecule has 0 saturated heterocycles. The Labute approximate surface area is 114 Å². The highest BCUT2D eigenvalue weighted by molar-refractivity contribution is 7.15. The van der Waals surface area contributed by atoms with Crippen molar-refractivity contribution >= 4 is 11.3 Å². The average Bonchev–Trinajstić information content (AvgIpc) is 2.85. The van der Waals surface area contributed by atoms with Gasteiger partial charge in [-0.25, -0.2) is 13.8 Å². The van der Waals surface area contributed by atoms with Crippen LogP contribution in [-0.2, 0) is 6.42 Å². The number of fused-ring (bicyclic) bond motifs is 1. The molecule has 19 heavy (non-hydrogen) atoms. The largest absolute Gasteiger partial charge is 0.330 e. The molecule has 5 heteroatoms. The van der Waals surface area contributed by atoms with Crippen LogP contribution in [-0.4, -0.2) is 11.5 Å². The first-order valence-electron chi connectivity index (χ1n) is 6.34. The van der Waals surface area contributed by atoms with E-state index in [1.165, 1.54) is 10.9 Å². The second-order valence-electron chi connectivity index (χ2n) is 4.78. The van der Waals surface area contributed by atoms with Crippen molar-refractivity contribution in [2.24, 2.45) is 5.73 Å². The molecule has 0 amide bonds. The summed E-state index contributed by atoms with van der Waals surface area (Å²) in [6.07, 6.45) is 3.19. The van der Waals surface area contributed by atoms with Gasteiger partial charge in [0.25, 0.3) is 0 Å². The number of hydrogen-bond acceptors (Lipinski definition) is 3. The van der Waals surface area contributed by atoms with Crippen LogP contribution < -0.4 is 5.73 Å². The minimum Gasteiger partial charge on any atom is -0.330 e. The van der Waals surface area contributed by atoms with E-state index >= 15 is 0 Å². The van der Waals surface area contributed by atoms with Gasteiger partial charge >= 0.3 is 0 Å². The number of aryl methyl sites for hydroxylation is 1. The summed E-state index contributed by atoms with van der Waals surface area (Å²) < 4.78 is 26.2. The molecular formula is C14H14F2N2S. The Hall–Kier alpha value is -1.33. The smallest absolute Gasteiger partial charge is 0.159 e. The number of nitrogens with two attached hydrogens (primary N) is 1. The zero-order chi connectivity index (χ0) is 13.4.